The number of aliphatic hydroxyl groups excluding tert-OH is 2. The highest BCUT2D eigenvalue weighted by atomic mass is 16.5. The fourth-order valence-corrected chi connectivity index (χ4v) is 1.83. The first-order valence-corrected chi connectivity index (χ1v) is 5.22. The van der Waals surface area contributed by atoms with Crippen LogP contribution in [0.1, 0.15) is 19.3 Å². The van der Waals surface area contributed by atoms with Crippen molar-refractivity contribution in [1.82, 2.24) is 4.90 Å². The third-order valence-electron chi connectivity index (χ3n) is 2.58. The summed E-state index contributed by atoms with van der Waals surface area (Å²) in [4.78, 5) is 2.01. The Hall–Kier alpha value is -0.160. The molecular weight excluding hydrogens is 182 g/mol. The number of likely N-dealkylation sites (N-methyl/N-ethyl adjacent to an activating group) is 1. The Kier molecular flexibility index (Phi) is 4.81. The van der Waals surface area contributed by atoms with Crippen molar-refractivity contribution in [3.63, 3.8) is 0 Å². The lowest BCUT2D eigenvalue weighted by Gasteiger charge is -2.35. The predicted octanol–water partition coefficient (Wildman–Crippen LogP) is -0.161. The van der Waals surface area contributed by atoms with Gasteiger partial charge < -0.3 is 19.8 Å². The molecular formula is C10H21NO3. The SMILES string of the molecule is CN(C)C[C@H]1O[C@H](CCO)CC[C@@H]1O. The summed E-state index contributed by atoms with van der Waals surface area (Å²) in [5, 5.41) is 18.5. The molecule has 14 heavy (non-hydrogen) atoms. The van der Waals surface area contributed by atoms with Crippen LogP contribution in [0.5, 0.6) is 0 Å². The van der Waals surface area contributed by atoms with Crippen LogP contribution in [-0.4, -0.2) is 60.7 Å². The molecule has 0 unspecified atom stereocenters. The molecule has 4 heteroatoms. The summed E-state index contributed by atoms with van der Waals surface area (Å²) in [6.45, 7) is 0.901. The summed E-state index contributed by atoms with van der Waals surface area (Å²) in [7, 11) is 3.93. The maximum Gasteiger partial charge on any atom is 0.0963 e. The molecule has 0 amide bonds. The Balaban J connectivity index is 2.38. The minimum Gasteiger partial charge on any atom is -0.396 e. The Labute approximate surface area is 85.5 Å². The van der Waals surface area contributed by atoms with Gasteiger partial charge in [-0.15, -0.1) is 0 Å². The van der Waals surface area contributed by atoms with Crippen molar-refractivity contribution in [3.05, 3.63) is 0 Å². The molecule has 0 radical (unpaired) electrons. The van der Waals surface area contributed by atoms with Gasteiger partial charge in [-0.25, -0.2) is 0 Å². The second kappa shape index (κ2) is 5.66. The second-order valence-corrected chi connectivity index (χ2v) is 4.22. The summed E-state index contributed by atoms with van der Waals surface area (Å²) in [6, 6.07) is 0. The molecule has 0 aromatic rings. The maximum absolute atomic E-state index is 9.69. The largest absolute Gasteiger partial charge is 0.396 e. The van der Waals surface area contributed by atoms with Gasteiger partial charge in [-0.3, -0.25) is 0 Å². The highest BCUT2D eigenvalue weighted by molar-refractivity contribution is 4.79. The van der Waals surface area contributed by atoms with E-state index in [2.05, 4.69) is 0 Å². The summed E-state index contributed by atoms with van der Waals surface area (Å²) >= 11 is 0. The van der Waals surface area contributed by atoms with Gasteiger partial charge in [-0.05, 0) is 33.4 Å². The molecule has 84 valence electrons. The van der Waals surface area contributed by atoms with Gasteiger partial charge >= 0.3 is 0 Å². The molecule has 1 aliphatic rings. The third kappa shape index (κ3) is 3.53. The third-order valence-corrected chi connectivity index (χ3v) is 2.58. The molecule has 1 rings (SSSR count). The molecule has 0 saturated carbocycles. The summed E-state index contributed by atoms with van der Waals surface area (Å²) in [5.41, 5.74) is 0. The number of aliphatic hydroxyl groups is 2. The molecule has 3 atom stereocenters. The van der Waals surface area contributed by atoms with Crippen LogP contribution in [0.25, 0.3) is 0 Å². The Morgan fingerprint density at radius 3 is 2.64 bits per heavy atom. The van der Waals surface area contributed by atoms with Gasteiger partial charge in [0.05, 0.1) is 18.3 Å². The number of hydrogen-bond acceptors (Lipinski definition) is 4. The van der Waals surface area contributed by atoms with E-state index in [0.29, 0.717) is 6.42 Å². The van der Waals surface area contributed by atoms with E-state index in [0.717, 1.165) is 19.4 Å². The van der Waals surface area contributed by atoms with Gasteiger partial charge in [0.1, 0.15) is 0 Å². The van der Waals surface area contributed by atoms with Crippen molar-refractivity contribution < 1.29 is 14.9 Å². The Morgan fingerprint density at radius 2 is 2.07 bits per heavy atom. The molecule has 1 fully saturated rings. The molecule has 0 spiro atoms. The molecule has 1 saturated heterocycles. The predicted molar refractivity (Wildman–Crippen MR) is 54.2 cm³/mol. The lowest BCUT2D eigenvalue weighted by Crippen LogP contribution is -2.44. The van der Waals surface area contributed by atoms with Crippen LogP contribution in [0.2, 0.25) is 0 Å². The van der Waals surface area contributed by atoms with Crippen LogP contribution in [-0.2, 0) is 4.74 Å². The summed E-state index contributed by atoms with van der Waals surface area (Å²) < 4.78 is 5.70. The van der Waals surface area contributed by atoms with Crippen molar-refractivity contribution in [2.75, 3.05) is 27.2 Å². The highest BCUT2D eigenvalue weighted by Gasteiger charge is 2.29. The van der Waals surface area contributed by atoms with Crippen molar-refractivity contribution in [3.8, 4) is 0 Å². The zero-order valence-corrected chi connectivity index (χ0v) is 9.02. The number of hydrogen-bond donors (Lipinski definition) is 2. The van der Waals surface area contributed by atoms with E-state index >= 15 is 0 Å². The van der Waals surface area contributed by atoms with E-state index in [9.17, 15) is 5.11 Å². The topological polar surface area (TPSA) is 52.9 Å². The van der Waals surface area contributed by atoms with E-state index in [1.165, 1.54) is 0 Å². The fourth-order valence-electron chi connectivity index (χ4n) is 1.83. The fraction of sp³-hybridized carbons (Fsp3) is 1.00. The minimum atomic E-state index is -0.354. The van der Waals surface area contributed by atoms with Gasteiger partial charge in [0.2, 0.25) is 0 Å². The van der Waals surface area contributed by atoms with E-state index in [1.54, 1.807) is 0 Å². The molecule has 0 aromatic heterocycles. The van der Waals surface area contributed by atoms with Gasteiger partial charge in [-0.2, -0.15) is 0 Å². The van der Waals surface area contributed by atoms with Crippen molar-refractivity contribution in [1.29, 1.82) is 0 Å². The highest BCUT2D eigenvalue weighted by Crippen LogP contribution is 2.21. The lowest BCUT2D eigenvalue weighted by molar-refractivity contribution is -0.127. The van der Waals surface area contributed by atoms with Crippen LogP contribution < -0.4 is 0 Å². The Morgan fingerprint density at radius 1 is 1.36 bits per heavy atom. The van der Waals surface area contributed by atoms with Crippen LogP contribution in [0.4, 0.5) is 0 Å². The maximum atomic E-state index is 9.69. The molecule has 0 bridgehead atoms. The first-order valence-electron chi connectivity index (χ1n) is 5.22. The number of rotatable bonds is 4. The van der Waals surface area contributed by atoms with Gasteiger partial charge in [0.25, 0.3) is 0 Å². The second-order valence-electron chi connectivity index (χ2n) is 4.22. The smallest absolute Gasteiger partial charge is 0.0963 e. The quantitative estimate of drug-likeness (QED) is 0.666. The van der Waals surface area contributed by atoms with E-state index in [-0.39, 0.29) is 24.9 Å². The number of nitrogens with zero attached hydrogens (tertiary/aromatic N) is 1. The van der Waals surface area contributed by atoms with Gasteiger partial charge in [-0.1, -0.05) is 0 Å². The molecule has 0 aromatic carbocycles. The first kappa shape index (κ1) is 11.9. The average Bonchev–Trinajstić information content (AvgIpc) is 2.10. The zero-order valence-electron chi connectivity index (χ0n) is 9.02. The molecule has 0 aliphatic carbocycles. The molecule has 1 aliphatic heterocycles. The first-order chi connectivity index (χ1) is 6.63. The Bertz CT molecular complexity index is 163. The zero-order chi connectivity index (χ0) is 10.6. The monoisotopic (exact) mass is 203 g/mol. The van der Waals surface area contributed by atoms with Crippen molar-refractivity contribution in [2.45, 2.75) is 37.6 Å². The standard InChI is InChI=1S/C10H21NO3/c1-11(2)7-10-9(13)4-3-8(14-10)5-6-12/h8-10,12-13H,3-7H2,1-2H3/t8-,9-,10+/m0/s1. The van der Waals surface area contributed by atoms with Gasteiger partial charge in [0, 0.05) is 13.2 Å². The van der Waals surface area contributed by atoms with Crippen LogP contribution in [0, 0.1) is 0 Å². The normalized spacial score (nSPS) is 33.6. The van der Waals surface area contributed by atoms with Crippen LogP contribution in [0.15, 0.2) is 0 Å². The van der Waals surface area contributed by atoms with Crippen molar-refractivity contribution in [2.24, 2.45) is 0 Å². The van der Waals surface area contributed by atoms with E-state index in [1.807, 2.05) is 19.0 Å². The summed E-state index contributed by atoms with van der Waals surface area (Å²) in [6.07, 6.45) is 1.97. The average molecular weight is 203 g/mol. The van der Waals surface area contributed by atoms with E-state index in [4.69, 9.17) is 9.84 Å². The summed E-state index contributed by atoms with van der Waals surface area (Å²) in [5.74, 6) is 0. The van der Waals surface area contributed by atoms with E-state index < -0.39 is 0 Å². The number of ether oxygens (including phenoxy) is 1. The molecule has 4 nitrogen and oxygen atoms in total. The molecule has 2 N–H and O–H groups in total. The lowest BCUT2D eigenvalue weighted by atomic mass is 9.99. The van der Waals surface area contributed by atoms with Crippen LogP contribution >= 0.6 is 0 Å². The van der Waals surface area contributed by atoms with Crippen LogP contribution in [0.3, 0.4) is 0 Å². The minimum absolute atomic E-state index is 0.102. The molecule has 1 heterocycles. The van der Waals surface area contributed by atoms with Crippen molar-refractivity contribution >= 4 is 0 Å². The van der Waals surface area contributed by atoms with Gasteiger partial charge in [0.15, 0.2) is 0 Å².